The first-order valence-electron chi connectivity index (χ1n) is 8.59. The van der Waals surface area contributed by atoms with Gasteiger partial charge in [-0.2, -0.15) is 0 Å². The summed E-state index contributed by atoms with van der Waals surface area (Å²) in [5, 5.41) is 3.63. The van der Waals surface area contributed by atoms with Gasteiger partial charge < -0.3 is 19.4 Å². The Morgan fingerprint density at radius 2 is 1.92 bits per heavy atom. The van der Waals surface area contributed by atoms with Crippen molar-refractivity contribution in [1.82, 2.24) is 9.97 Å². The molecule has 7 nitrogen and oxygen atoms in total. The number of nitrogens with zero attached hydrogens (tertiary/aromatic N) is 3. The summed E-state index contributed by atoms with van der Waals surface area (Å²) >= 11 is 0. The zero-order valence-electron chi connectivity index (χ0n) is 14.8. The average Bonchev–Trinajstić information content (AvgIpc) is 3.00. The maximum absolute atomic E-state index is 13.0. The molecule has 3 heterocycles. The SMILES string of the molecule is Cc1ccccc1NC(=O)c1c(C)oc2ncnc(N3CCOCC3)c12. The van der Waals surface area contributed by atoms with E-state index in [2.05, 4.69) is 20.2 Å². The zero-order valence-corrected chi connectivity index (χ0v) is 14.8. The predicted octanol–water partition coefficient (Wildman–Crippen LogP) is 2.93. The molecule has 0 aliphatic carbocycles. The van der Waals surface area contributed by atoms with Crippen LogP contribution in [0.2, 0.25) is 0 Å². The summed E-state index contributed by atoms with van der Waals surface area (Å²) in [5.74, 6) is 1.02. The summed E-state index contributed by atoms with van der Waals surface area (Å²) in [6, 6.07) is 7.67. The summed E-state index contributed by atoms with van der Waals surface area (Å²) in [5.41, 5.74) is 2.67. The van der Waals surface area contributed by atoms with E-state index in [1.807, 2.05) is 31.2 Å². The minimum absolute atomic E-state index is 0.222. The lowest BCUT2D eigenvalue weighted by atomic mass is 10.1. The average molecular weight is 352 g/mol. The number of hydrogen-bond donors (Lipinski definition) is 1. The molecular weight excluding hydrogens is 332 g/mol. The van der Waals surface area contributed by atoms with Crippen LogP contribution in [0.3, 0.4) is 0 Å². The predicted molar refractivity (Wildman–Crippen MR) is 98.7 cm³/mol. The Kier molecular flexibility index (Phi) is 4.30. The van der Waals surface area contributed by atoms with Crippen molar-refractivity contribution in [3.05, 3.63) is 47.5 Å². The molecule has 0 atom stereocenters. The molecule has 0 spiro atoms. The fourth-order valence-corrected chi connectivity index (χ4v) is 3.22. The number of nitrogens with one attached hydrogen (secondary N) is 1. The van der Waals surface area contributed by atoms with Crippen molar-refractivity contribution in [2.45, 2.75) is 13.8 Å². The standard InChI is InChI=1S/C19H20N4O3/c1-12-5-3-4-6-14(12)22-18(24)15-13(2)26-19-16(15)17(20-11-21-19)23-7-9-25-10-8-23/h3-6,11H,7-10H2,1-2H3,(H,22,24). The van der Waals surface area contributed by atoms with Gasteiger partial charge in [0.25, 0.3) is 5.91 Å². The first-order valence-corrected chi connectivity index (χ1v) is 8.59. The molecule has 1 fully saturated rings. The van der Waals surface area contributed by atoms with Gasteiger partial charge in [0.2, 0.25) is 5.71 Å². The van der Waals surface area contributed by atoms with Crippen LogP contribution in [0.1, 0.15) is 21.7 Å². The van der Waals surface area contributed by atoms with Crippen LogP contribution in [-0.2, 0) is 4.74 Å². The Bertz CT molecular complexity index is 961. The van der Waals surface area contributed by atoms with Crippen LogP contribution in [0.5, 0.6) is 0 Å². The summed E-state index contributed by atoms with van der Waals surface area (Å²) in [4.78, 5) is 23.8. The molecular formula is C19H20N4O3. The largest absolute Gasteiger partial charge is 0.442 e. The highest BCUT2D eigenvalue weighted by molar-refractivity contribution is 6.15. The van der Waals surface area contributed by atoms with E-state index < -0.39 is 0 Å². The third-order valence-corrected chi connectivity index (χ3v) is 4.58. The van der Waals surface area contributed by atoms with Gasteiger partial charge in [-0.25, -0.2) is 9.97 Å². The van der Waals surface area contributed by atoms with Crippen molar-refractivity contribution < 1.29 is 13.9 Å². The molecule has 0 unspecified atom stereocenters. The van der Waals surface area contributed by atoms with Crippen molar-refractivity contribution in [3.8, 4) is 0 Å². The van der Waals surface area contributed by atoms with Gasteiger partial charge in [0.05, 0.1) is 24.2 Å². The van der Waals surface area contributed by atoms with E-state index in [1.54, 1.807) is 6.92 Å². The fourth-order valence-electron chi connectivity index (χ4n) is 3.22. The number of fused-ring (bicyclic) bond motifs is 1. The van der Waals surface area contributed by atoms with Crippen LogP contribution in [0.25, 0.3) is 11.1 Å². The number of rotatable bonds is 3. The molecule has 1 saturated heterocycles. The third-order valence-electron chi connectivity index (χ3n) is 4.58. The van der Waals surface area contributed by atoms with Crippen LogP contribution >= 0.6 is 0 Å². The summed E-state index contributed by atoms with van der Waals surface area (Å²) < 4.78 is 11.2. The Hall–Kier alpha value is -2.93. The highest BCUT2D eigenvalue weighted by Crippen LogP contribution is 2.32. The molecule has 0 radical (unpaired) electrons. The Morgan fingerprint density at radius 3 is 2.69 bits per heavy atom. The van der Waals surface area contributed by atoms with Crippen LogP contribution in [0, 0.1) is 13.8 Å². The fraction of sp³-hybridized carbons (Fsp3) is 0.316. The summed E-state index contributed by atoms with van der Waals surface area (Å²) in [7, 11) is 0. The van der Waals surface area contributed by atoms with Crippen molar-refractivity contribution in [3.63, 3.8) is 0 Å². The topological polar surface area (TPSA) is 80.5 Å². The van der Waals surface area contributed by atoms with E-state index in [1.165, 1.54) is 6.33 Å². The van der Waals surface area contributed by atoms with Crippen molar-refractivity contribution in [1.29, 1.82) is 0 Å². The number of furan rings is 1. The number of benzene rings is 1. The van der Waals surface area contributed by atoms with Crippen LogP contribution in [-0.4, -0.2) is 42.2 Å². The molecule has 4 rings (SSSR count). The molecule has 0 bridgehead atoms. The van der Waals surface area contributed by atoms with Crippen LogP contribution in [0.15, 0.2) is 35.0 Å². The molecule has 1 N–H and O–H groups in total. The van der Waals surface area contributed by atoms with Crippen molar-refractivity contribution in [2.24, 2.45) is 0 Å². The second-order valence-electron chi connectivity index (χ2n) is 6.28. The monoisotopic (exact) mass is 352 g/mol. The van der Waals surface area contributed by atoms with Crippen LogP contribution < -0.4 is 10.2 Å². The maximum Gasteiger partial charge on any atom is 0.260 e. The maximum atomic E-state index is 13.0. The molecule has 26 heavy (non-hydrogen) atoms. The molecule has 1 aliphatic rings. The number of aromatic nitrogens is 2. The number of carbonyl (C=O) groups excluding carboxylic acids is 1. The van der Waals surface area contributed by atoms with Crippen LogP contribution in [0.4, 0.5) is 11.5 Å². The highest BCUT2D eigenvalue weighted by atomic mass is 16.5. The van der Waals surface area contributed by atoms with Gasteiger partial charge in [-0.15, -0.1) is 0 Å². The Morgan fingerprint density at radius 1 is 1.15 bits per heavy atom. The molecule has 134 valence electrons. The van der Waals surface area contributed by atoms with Gasteiger partial charge in [-0.05, 0) is 25.5 Å². The van der Waals surface area contributed by atoms with Crippen molar-refractivity contribution >= 4 is 28.5 Å². The molecule has 1 aromatic carbocycles. The van der Waals surface area contributed by atoms with E-state index in [-0.39, 0.29) is 5.91 Å². The number of hydrogen-bond acceptors (Lipinski definition) is 6. The minimum Gasteiger partial charge on any atom is -0.442 e. The highest BCUT2D eigenvalue weighted by Gasteiger charge is 2.26. The van der Waals surface area contributed by atoms with E-state index in [0.717, 1.165) is 24.3 Å². The summed E-state index contributed by atoms with van der Waals surface area (Å²) in [6.45, 7) is 6.43. The van der Waals surface area contributed by atoms with E-state index in [9.17, 15) is 4.79 Å². The minimum atomic E-state index is -0.222. The van der Waals surface area contributed by atoms with Gasteiger partial charge in [-0.3, -0.25) is 4.79 Å². The second-order valence-corrected chi connectivity index (χ2v) is 6.28. The lowest BCUT2D eigenvalue weighted by Gasteiger charge is -2.28. The molecule has 1 amide bonds. The number of anilines is 2. The molecule has 0 saturated carbocycles. The normalized spacial score (nSPS) is 14.6. The van der Waals surface area contributed by atoms with Gasteiger partial charge >= 0.3 is 0 Å². The number of amides is 1. The Labute approximate surface area is 151 Å². The van der Waals surface area contributed by atoms with E-state index in [4.69, 9.17) is 9.15 Å². The van der Waals surface area contributed by atoms with Gasteiger partial charge in [0.1, 0.15) is 17.9 Å². The molecule has 2 aromatic heterocycles. The quantitative estimate of drug-likeness (QED) is 0.781. The lowest BCUT2D eigenvalue weighted by Crippen LogP contribution is -2.37. The third kappa shape index (κ3) is 2.90. The number of morpholine rings is 1. The van der Waals surface area contributed by atoms with Gasteiger partial charge in [-0.1, -0.05) is 18.2 Å². The number of ether oxygens (including phenoxy) is 1. The number of carbonyl (C=O) groups is 1. The second kappa shape index (κ2) is 6.76. The Balaban J connectivity index is 1.78. The number of aryl methyl sites for hydroxylation is 2. The van der Waals surface area contributed by atoms with Gasteiger partial charge in [0.15, 0.2) is 0 Å². The van der Waals surface area contributed by atoms with Crippen molar-refractivity contribution in [2.75, 3.05) is 36.5 Å². The van der Waals surface area contributed by atoms with Gasteiger partial charge in [0, 0.05) is 18.8 Å². The molecule has 3 aromatic rings. The number of para-hydroxylation sites is 1. The van der Waals surface area contributed by atoms with E-state index in [0.29, 0.717) is 41.5 Å². The smallest absolute Gasteiger partial charge is 0.260 e. The lowest BCUT2D eigenvalue weighted by molar-refractivity contribution is 0.102. The molecule has 7 heteroatoms. The summed E-state index contributed by atoms with van der Waals surface area (Å²) in [6.07, 6.45) is 1.47. The van der Waals surface area contributed by atoms with E-state index >= 15 is 0 Å². The zero-order chi connectivity index (χ0) is 18.1. The molecule has 1 aliphatic heterocycles. The first-order chi connectivity index (χ1) is 12.6. The first kappa shape index (κ1) is 16.5.